The Morgan fingerprint density at radius 1 is 1.17 bits per heavy atom. The number of rotatable bonds is 5. The van der Waals surface area contributed by atoms with Crippen LogP contribution in [0.3, 0.4) is 0 Å². The number of carboxylic acid groups (broad SMARTS) is 1. The minimum atomic E-state index is -0.985. The summed E-state index contributed by atoms with van der Waals surface area (Å²) < 4.78 is 6.64. The average molecular weight is 312 g/mol. The Morgan fingerprint density at radius 3 is 2.70 bits per heavy atom. The van der Waals surface area contributed by atoms with Gasteiger partial charge in [-0.25, -0.2) is 4.79 Å². The molecular weight excluding hydrogens is 296 g/mol. The number of carboxylic acids is 1. The van der Waals surface area contributed by atoms with E-state index in [4.69, 9.17) is 4.74 Å². The Kier molecular flexibility index (Phi) is 3.99. The van der Waals surface area contributed by atoms with Crippen LogP contribution in [0.4, 0.5) is 0 Å². The molecule has 118 valence electrons. The van der Waals surface area contributed by atoms with Gasteiger partial charge in [0.25, 0.3) is 5.91 Å². The number of pyridine rings is 1. The fourth-order valence-corrected chi connectivity index (χ4v) is 2.66. The lowest BCUT2D eigenvalue weighted by Crippen LogP contribution is -2.27. The summed E-state index contributed by atoms with van der Waals surface area (Å²) in [6.07, 6.45) is 1.66. The molecule has 2 N–H and O–H groups in total. The molecule has 3 rings (SSSR count). The summed E-state index contributed by atoms with van der Waals surface area (Å²) in [4.78, 5) is 23.7. The van der Waals surface area contributed by atoms with E-state index < -0.39 is 5.97 Å². The highest BCUT2D eigenvalue weighted by Gasteiger charge is 2.18. The van der Waals surface area contributed by atoms with Crippen LogP contribution in [0.1, 0.15) is 20.7 Å². The fourth-order valence-electron chi connectivity index (χ4n) is 2.66. The highest BCUT2D eigenvalue weighted by Crippen LogP contribution is 2.27. The largest absolute Gasteiger partial charge is 0.478 e. The predicted octanol–water partition coefficient (Wildman–Crippen LogP) is 2.17. The Bertz CT molecular complexity index is 898. The molecule has 1 aromatic carbocycles. The van der Waals surface area contributed by atoms with Gasteiger partial charge in [-0.3, -0.25) is 4.79 Å². The van der Waals surface area contributed by atoms with E-state index in [1.54, 1.807) is 42.0 Å². The van der Waals surface area contributed by atoms with Gasteiger partial charge in [0.15, 0.2) is 0 Å². The second-order valence-electron chi connectivity index (χ2n) is 5.12. The molecule has 0 aliphatic heterocycles. The van der Waals surface area contributed by atoms with Gasteiger partial charge in [0, 0.05) is 25.2 Å². The zero-order valence-electron chi connectivity index (χ0n) is 12.6. The third-order valence-electron chi connectivity index (χ3n) is 3.71. The minimum absolute atomic E-state index is 0.224. The molecule has 1 amide bonds. The van der Waals surface area contributed by atoms with Crippen LogP contribution in [0.25, 0.3) is 16.4 Å². The normalized spacial score (nSPS) is 11.0. The lowest BCUT2D eigenvalue weighted by Gasteiger charge is -2.06. The van der Waals surface area contributed by atoms with Crippen molar-refractivity contribution in [2.75, 3.05) is 20.3 Å². The molecule has 0 bridgehead atoms. The first-order chi connectivity index (χ1) is 11.1. The Labute approximate surface area is 132 Å². The lowest BCUT2D eigenvalue weighted by atomic mass is 10.1. The quantitative estimate of drug-likeness (QED) is 0.708. The third-order valence-corrected chi connectivity index (χ3v) is 3.71. The van der Waals surface area contributed by atoms with Crippen molar-refractivity contribution in [3.63, 3.8) is 0 Å². The molecule has 23 heavy (non-hydrogen) atoms. The molecule has 6 heteroatoms. The van der Waals surface area contributed by atoms with Gasteiger partial charge in [-0.1, -0.05) is 18.2 Å². The van der Waals surface area contributed by atoms with Gasteiger partial charge in [-0.15, -0.1) is 0 Å². The maximum Gasteiger partial charge on any atom is 0.338 e. The average Bonchev–Trinajstić information content (AvgIpc) is 2.88. The number of carbonyl (C=O) groups is 2. The van der Waals surface area contributed by atoms with E-state index in [1.807, 2.05) is 12.1 Å². The van der Waals surface area contributed by atoms with Crippen molar-refractivity contribution in [3.8, 4) is 0 Å². The number of aromatic carboxylic acids is 1. The molecule has 0 aliphatic carbocycles. The van der Waals surface area contributed by atoms with Crippen LogP contribution in [0, 0.1) is 0 Å². The number of amides is 1. The number of hydrogen-bond acceptors (Lipinski definition) is 3. The van der Waals surface area contributed by atoms with Crippen LogP contribution < -0.4 is 5.32 Å². The summed E-state index contributed by atoms with van der Waals surface area (Å²) in [5.41, 5.74) is 2.02. The van der Waals surface area contributed by atoms with E-state index in [9.17, 15) is 14.7 Å². The third kappa shape index (κ3) is 2.64. The number of ether oxygens (including phenoxy) is 1. The highest BCUT2D eigenvalue weighted by atomic mass is 16.5. The van der Waals surface area contributed by atoms with Gasteiger partial charge in [0.2, 0.25) is 0 Å². The molecule has 0 saturated carbocycles. The highest BCUT2D eigenvalue weighted by molar-refractivity contribution is 6.11. The second kappa shape index (κ2) is 6.10. The molecule has 0 fully saturated rings. The number of hydrogen-bond donors (Lipinski definition) is 2. The summed E-state index contributed by atoms with van der Waals surface area (Å²) in [6.45, 7) is 0.851. The SMILES string of the molecule is COCCNC(=O)c1ccc2c(C(=O)O)c3ccccc3n2c1. The van der Waals surface area contributed by atoms with Gasteiger partial charge in [0.1, 0.15) is 0 Å². The molecule has 0 radical (unpaired) electrons. The smallest absolute Gasteiger partial charge is 0.338 e. The van der Waals surface area contributed by atoms with Crippen molar-refractivity contribution >= 4 is 28.3 Å². The van der Waals surface area contributed by atoms with Crippen LogP contribution in [-0.2, 0) is 4.74 Å². The minimum Gasteiger partial charge on any atom is -0.478 e. The number of fused-ring (bicyclic) bond motifs is 3. The standard InChI is InChI=1S/C17H16N2O4/c1-23-9-8-18-16(20)11-6-7-14-15(17(21)22)12-4-2-3-5-13(12)19(14)10-11/h2-7,10H,8-9H2,1H3,(H,18,20)(H,21,22). The number of aromatic nitrogens is 1. The first kappa shape index (κ1) is 15.1. The summed E-state index contributed by atoms with van der Waals surface area (Å²) in [6, 6.07) is 10.5. The Morgan fingerprint density at radius 2 is 1.96 bits per heavy atom. The molecule has 2 heterocycles. The fraction of sp³-hybridized carbons (Fsp3) is 0.176. The number of nitrogens with zero attached hydrogens (tertiary/aromatic N) is 1. The molecule has 0 saturated heterocycles. The molecule has 6 nitrogen and oxygen atoms in total. The van der Waals surface area contributed by atoms with Crippen molar-refractivity contribution < 1.29 is 19.4 Å². The predicted molar refractivity (Wildman–Crippen MR) is 86.1 cm³/mol. The molecular formula is C17H16N2O4. The van der Waals surface area contributed by atoms with E-state index in [0.717, 1.165) is 5.52 Å². The zero-order valence-corrected chi connectivity index (χ0v) is 12.6. The van der Waals surface area contributed by atoms with Crippen molar-refractivity contribution in [1.82, 2.24) is 9.72 Å². The van der Waals surface area contributed by atoms with Crippen LogP contribution in [-0.4, -0.2) is 41.6 Å². The first-order valence-electron chi connectivity index (χ1n) is 7.16. The topological polar surface area (TPSA) is 80.0 Å². The maximum absolute atomic E-state index is 12.1. The summed E-state index contributed by atoms with van der Waals surface area (Å²) >= 11 is 0. The van der Waals surface area contributed by atoms with Crippen LogP contribution in [0.15, 0.2) is 42.6 Å². The van der Waals surface area contributed by atoms with Crippen LogP contribution >= 0.6 is 0 Å². The molecule has 3 aromatic rings. The van der Waals surface area contributed by atoms with E-state index in [-0.39, 0.29) is 11.5 Å². The van der Waals surface area contributed by atoms with Crippen molar-refractivity contribution in [1.29, 1.82) is 0 Å². The van der Waals surface area contributed by atoms with Crippen molar-refractivity contribution in [2.45, 2.75) is 0 Å². The van der Waals surface area contributed by atoms with Crippen molar-refractivity contribution in [3.05, 3.63) is 53.7 Å². The molecule has 0 aliphatic rings. The zero-order chi connectivity index (χ0) is 16.4. The lowest BCUT2D eigenvalue weighted by molar-refractivity contribution is 0.0701. The summed E-state index contributed by atoms with van der Waals surface area (Å²) in [5, 5.41) is 12.9. The monoisotopic (exact) mass is 312 g/mol. The van der Waals surface area contributed by atoms with E-state index in [1.165, 1.54) is 0 Å². The number of para-hydroxylation sites is 1. The molecule has 2 aromatic heterocycles. The van der Waals surface area contributed by atoms with Gasteiger partial charge in [0.05, 0.1) is 28.8 Å². The maximum atomic E-state index is 12.1. The van der Waals surface area contributed by atoms with E-state index in [0.29, 0.717) is 29.6 Å². The molecule has 0 unspecified atom stereocenters. The molecule has 0 atom stereocenters. The second-order valence-corrected chi connectivity index (χ2v) is 5.12. The van der Waals surface area contributed by atoms with Gasteiger partial charge in [-0.2, -0.15) is 0 Å². The number of carbonyl (C=O) groups excluding carboxylic acids is 1. The van der Waals surface area contributed by atoms with Crippen LogP contribution in [0.5, 0.6) is 0 Å². The Balaban J connectivity index is 2.11. The summed E-state index contributed by atoms with van der Waals surface area (Å²) in [5.74, 6) is -1.21. The molecule has 0 spiro atoms. The van der Waals surface area contributed by atoms with Gasteiger partial charge < -0.3 is 19.6 Å². The van der Waals surface area contributed by atoms with E-state index in [2.05, 4.69) is 5.32 Å². The first-order valence-corrected chi connectivity index (χ1v) is 7.16. The van der Waals surface area contributed by atoms with Crippen molar-refractivity contribution in [2.24, 2.45) is 0 Å². The number of benzene rings is 1. The van der Waals surface area contributed by atoms with E-state index >= 15 is 0 Å². The summed E-state index contributed by atoms with van der Waals surface area (Å²) in [7, 11) is 1.57. The van der Waals surface area contributed by atoms with Crippen LogP contribution in [0.2, 0.25) is 0 Å². The number of nitrogens with one attached hydrogen (secondary N) is 1. The van der Waals surface area contributed by atoms with Gasteiger partial charge in [-0.05, 0) is 18.2 Å². The number of methoxy groups -OCH3 is 1. The van der Waals surface area contributed by atoms with Gasteiger partial charge >= 0.3 is 5.97 Å². The Hall–Kier alpha value is -2.86.